The first kappa shape index (κ1) is 20.1. The molecule has 1 aromatic heterocycles. The molecule has 0 fully saturated rings. The molecule has 1 heterocycles. The van der Waals surface area contributed by atoms with Gasteiger partial charge < -0.3 is 10.0 Å². The number of carbonyl (C=O) groups excluding carboxylic acids is 1. The van der Waals surface area contributed by atoms with Crippen LogP contribution in [0, 0.1) is 0 Å². The second-order valence-electron chi connectivity index (χ2n) is 6.59. The summed E-state index contributed by atoms with van der Waals surface area (Å²) in [7, 11) is 3.43. The molecular weight excluding hydrogens is 374 g/mol. The molecule has 0 bridgehead atoms. The first-order valence-electron chi connectivity index (χ1n) is 9.06. The summed E-state index contributed by atoms with van der Waals surface area (Å²) in [5, 5.41) is 9.72. The summed E-state index contributed by atoms with van der Waals surface area (Å²) in [6, 6.07) is 16.6. The summed E-state index contributed by atoms with van der Waals surface area (Å²) in [5.41, 5.74) is 1.28. The fraction of sp³-hybridized carbons (Fsp3) is 0.286. The van der Waals surface area contributed by atoms with E-state index in [1.165, 1.54) is 11.8 Å². The summed E-state index contributed by atoms with van der Waals surface area (Å²) in [5.74, 6) is -0.0766. The molecule has 7 heteroatoms. The van der Waals surface area contributed by atoms with Crippen molar-refractivity contribution in [3.05, 3.63) is 70.5 Å². The molecule has 0 aliphatic rings. The third-order valence-corrected chi connectivity index (χ3v) is 5.59. The van der Waals surface area contributed by atoms with Crippen LogP contribution < -0.4 is 5.56 Å². The SMILES string of the molecule is CN(C)C(=O)[C@H](Sc1nc2ccccc2c(=O)n1CCCO)c1ccccc1. The number of benzene rings is 2. The number of fused-ring (bicyclic) bond motifs is 1. The zero-order chi connectivity index (χ0) is 20.1. The fourth-order valence-electron chi connectivity index (χ4n) is 2.89. The van der Waals surface area contributed by atoms with Gasteiger partial charge in [0.15, 0.2) is 5.16 Å². The highest BCUT2D eigenvalue weighted by atomic mass is 32.2. The summed E-state index contributed by atoms with van der Waals surface area (Å²) in [4.78, 5) is 32.1. The Morgan fingerprint density at radius 2 is 1.82 bits per heavy atom. The van der Waals surface area contributed by atoms with Crippen LogP contribution in [0.5, 0.6) is 0 Å². The van der Waals surface area contributed by atoms with Crippen LogP contribution >= 0.6 is 11.8 Å². The van der Waals surface area contributed by atoms with Crippen molar-refractivity contribution >= 4 is 28.6 Å². The zero-order valence-corrected chi connectivity index (χ0v) is 16.7. The van der Waals surface area contributed by atoms with E-state index in [1.54, 1.807) is 41.8 Å². The number of rotatable bonds is 7. The van der Waals surface area contributed by atoms with E-state index < -0.39 is 5.25 Å². The molecule has 1 atom stereocenters. The number of aliphatic hydroxyl groups is 1. The van der Waals surface area contributed by atoms with Gasteiger partial charge in [-0.25, -0.2) is 4.98 Å². The topological polar surface area (TPSA) is 75.4 Å². The number of likely N-dealkylation sites (N-methyl/N-ethyl adjacent to an activating group) is 1. The lowest BCUT2D eigenvalue weighted by Crippen LogP contribution is -2.28. The molecule has 0 saturated heterocycles. The maximum Gasteiger partial charge on any atom is 0.262 e. The smallest absolute Gasteiger partial charge is 0.262 e. The lowest BCUT2D eigenvalue weighted by atomic mass is 10.1. The summed E-state index contributed by atoms with van der Waals surface area (Å²) >= 11 is 1.26. The van der Waals surface area contributed by atoms with E-state index in [1.807, 2.05) is 36.4 Å². The van der Waals surface area contributed by atoms with Crippen molar-refractivity contribution < 1.29 is 9.90 Å². The largest absolute Gasteiger partial charge is 0.396 e. The molecule has 0 radical (unpaired) electrons. The monoisotopic (exact) mass is 397 g/mol. The molecule has 6 nitrogen and oxygen atoms in total. The summed E-state index contributed by atoms with van der Waals surface area (Å²) in [6.07, 6.45) is 0.436. The molecule has 146 valence electrons. The third-order valence-electron chi connectivity index (χ3n) is 4.36. The standard InChI is InChI=1S/C21H23N3O3S/c1-23(2)20(27)18(15-9-4-3-5-10-15)28-21-22-17-12-7-6-11-16(17)19(26)24(21)13-8-14-25/h3-7,9-12,18,25H,8,13-14H2,1-2H3/t18-/m1/s1. The summed E-state index contributed by atoms with van der Waals surface area (Å²) in [6.45, 7) is 0.315. The van der Waals surface area contributed by atoms with E-state index in [4.69, 9.17) is 0 Å². The number of para-hydroxylation sites is 1. The van der Waals surface area contributed by atoms with Crippen LogP contribution in [0.4, 0.5) is 0 Å². The van der Waals surface area contributed by atoms with Crippen LogP contribution in [0.3, 0.4) is 0 Å². The molecule has 28 heavy (non-hydrogen) atoms. The highest BCUT2D eigenvalue weighted by molar-refractivity contribution is 8.00. The lowest BCUT2D eigenvalue weighted by Gasteiger charge is -2.22. The van der Waals surface area contributed by atoms with E-state index in [-0.39, 0.29) is 18.1 Å². The van der Waals surface area contributed by atoms with E-state index in [0.717, 1.165) is 5.56 Å². The van der Waals surface area contributed by atoms with Crippen LogP contribution in [-0.2, 0) is 11.3 Å². The van der Waals surface area contributed by atoms with Gasteiger partial charge in [0.25, 0.3) is 5.56 Å². The number of aromatic nitrogens is 2. The third kappa shape index (κ3) is 4.26. The van der Waals surface area contributed by atoms with E-state index in [2.05, 4.69) is 4.98 Å². The molecule has 1 amide bonds. The molecule has 0 spiro atoms. The number of thioether (sulfide) groups is 1. The minimum absolute atomic E-state index is 0.0257. The van der Waals surface area contributed by atoms with Gasteiger partial charge in [-0.2, -0.15) is 0 Å². The fourth-order valence-corrected chi connectivity index (χ4v) is 4.16. The van der Waals surface area contributed by atoms with Gasteiger partial charge in [0.1, 0.15) is 5.25 Å². The number of aliphatic hydroxyl groups excluding tert-OH is 1. The number of hydrogen-bond donors (Lipinski definition) is 1. The van der Waals surface area contributed by atoms with Gasteiger partial charge in [-0.3, -0.25) is 14.2 Å². The van der Waals surface area contributed by atoms with Crippen molar-refractivity contribution in [2.24, 2.45) is 0 Å². The molecular formula is C21H23N3O3S. The van der Waals surface area contributed by atoms with E-state index >= 15 is 0 Å². The molecule has 0 aliphatic heterocycles. The van der Waals surface area contributed by atoms with Crippen LogP contribution in [0.25, 0.3) is 10.9 Å². The van der Waals surface area contributed by atoms with E-state index in [9.17, 15) is 14.7 Å². The molecule has 0 aliphatic carbocycles. The first-order chi connectivity index (χ1) is 13.5. The Hall–Kier alpha value is -2.64. The minimum Gasteiger partial charge on any atom is -0.396 e. The lowest BCUT2D eigenvalue weighted by molar-refractivity contribution is -0.128. The van der Waals surface area contributed by atoms with Crippen LogP contribution in [-0.4, -0.2) is 46.2 Å². The Morgan fingerprint density at radius 1 is 1.14 bits per heavy atom. The normalized spacial score (nSPS) is 12.1. The number of amides is 1. The van der Waals surface area contributed by atoms with Crippen molar-refractivity contribution in [3.8, 4) is 0 Å². The van der Waals surface area contributed by atoms with Gasteiger partial charge in [0.05, 0.1) is 10.9 Å². The maximum atomic E-state index is 13.0. The second kappa shape index (κ2) is 9.03. The van der Waals surface area contributed by atoms with Crippen molar-refractivity contribution in [2.45, 2.75) is 23.4 Å². The van der Waals surface area contributed by atoms with Crippen molar-refractivity contribution in [3.63, 3.8) is 0 Å². The Balaban J connectivity index is 2.11. The number of nitrogens with zero attached hydrogens (tertiary/aromatic N) is 3. The highest BCUT2D eigenvalue weighted by Crippen LogP contribution is 2.35. The summed E-state index contributed by atoms with van der Waals surface area (Å²) < 4.78 is 1.56. The molecule has 3 rings (SSSR count). The minimum atomic E-state index is -0.523. The quantitative estimate of drug-likeness (QED) is 0.490. The predicted octanol–water partition coefficient (Wildman–Crippen LogP) is 2.70. The average molecular weight is 398 g/mol. The Labute approximate surface area is 167 Å². The first-order valence-corrected chi connectivity index (χ1v) is 9.94. The molecule has 0 unspecified atom stereocenters. The van der Waals surface area contributed by atoms with Gasteiger partial charge in [-0.1, -0.05) is 54.2 Å². The molecule has 1 N–H and O–H groups in total. The van der Waals surface area contributed by atoms with Crippen molar-refractivity contribution in [1.82, 2.24) is 14.5 Å². The van der Waals surface area contributed by atoms with Gasteiger partial charge in [-0.05, 0) is 24.1 Å². The van der Waals surface area contributed by atoms with Crippen LogP contribution in [0.2, 0.25) is 0 Å². The van der Waals surface area contributed by atoms with Gasteiger partial charge in [0, 0.05) is 27.2 Å². The van der Waals surface area contributed by atoms with Gasteiger partial charge in [0.2, 0.25) is 5.91 Å². The Kier molecular flexibility index (Phi) is 6.49. The van der Waals surface area contributed by atoms with E-state index in [0.29, 0.717) is 29.0 Å². The predicted molar refractivity (Wildman–Crippen MR) is 111 cm³/mol. The number of carbonyl (C=O) groups is 1. The second-order valence-corrected chi connectivity index (χ2v) is 7.66. The molecule has 0 saturated carbocycles. The van der Waals surface area contributed by atoms with Gasteiger partial charge in [-0.15, -0.1) is 0 Å². The van der Waals surface area contributed by atoms with Crippen molar-refractivity contribution in [1.29, 1.82) is 0 Å². The Bertz CT molecular complexity index is 1020. The highest BCUT2D eigenvalue weighted by Gasteiger charge is 2.26. The van der Waals surface area contributed by atoms with Crippen LogP contribution in [0.15, 0.2) is 64.5 Å². The van der Waals surface area contributed by atoms with Crippen LogP contribution in [0.1, 0.15) is 17.2 Å². The zero-order valence-electron chi connectivity index (χ0n) is 15.9. The van der Waals surface area contributed by atoms with Crippen molar-refractivity contribution in [2.75, 3.05) is 20.7 Å². The average Bonchev–Trinajstić information content (AvgIpc) is 2.71. The van der Waals surface area contributed by atoms with Gasteiger partial charge >= 0.3 is 0 Å². The Morgan fingerprint density at radius 3 is 2.50 bits per heavy atom. The number of hydrogen-bond acceptors (Lipinski definition) is 5. The molecule has 2 aromatic carbocycles. The molecule has 3 aromatic rings. The maximum absolute atomic E-state index is 13.0.